The molecule has 0 radical (unpaired) electrons. The van der Waals surface area contributed by atoms with Crippen molar-refractivity contribution in [2.75, 3.05) is 39.4 Å². The van der Waals surface area contributed by atoms with E-state index in [2.05, 4.69) is 4.90 Å². The smallest absolute Gasteiger partial charge is 0.0506 e. The average molecular weight is 212 g/mol. The molecule has 2 aliphatic rings. The van der Waals surface area contributed by atoms with Gasteiger partial charge in [-0.25, -0.2) is 0 Å². The second kappa shape index (κ2) is 5.83. The Kier molecular flexibility index (Phi) is 4.42. The number of likely N-dealkylation sites (tertiary alicyclic amines) is 1. The largest absolute Gasteiger partial charge is 0.381 e. The molecule has 2 N–H and O–H groups in total. The van der Waals surface area contributed by atoms with E-state index in [4.69, 9.17) is 10.5 Å². The van der Waals surface area contributed by atoms with E-state index in [0.717, 1.165) is 31.6 Å². The molecule has 2 aliphatic heterocycles. The van der Waals surface area contributed by atoms with Gasteiger partial charge in [0.25, 0.3) is 0 Å². The highest BCUT2D eigenvalue weighted by Gasteiger charge is 2.22. The number of nitrogens with zero attached hydrogens (tertiary/aromatic N) is 1. The Labute approximate surface area is 93.0 Å². The summed E-state index contributed by atoms with van der Waals surface area (Å²) in [5.74, 6) is 1.57. The number of hydrogen-bond donors (Lipinski definition) is 1. The molecule has 2 rings (SSSR count). The van der Waals surface area contributed by atoms with Crippen LogP contribution in [0.25, 0.3) is 0 Å². The SMILES string of the molecule is NCC1CCN(CC2CCCOC2)CC1. The lowest BCUT2D eigenvalue weighted by molar-refractivity contribution is 0.0329. The Morgan fingerprint density at radius 1 is 1.13 bits per heavy atom. The fourth-order valence-corrected chi connectivity index (χ4v) is 2.72. The van der Waals surface area contributed by atoms with Gasteiger partial charge in [0.1, 0.15) is 0 Å². The van der Waals surface area contributed by atoms with Crippen molar-refractivity contribution >= 4 is 0 Å². The molecule has 1 atom stereocenters. The van der Waals surface area contributed by atoms with Gasteiger partial charge in [-0.1, -0.05) is 0 Å². The molecule has 0 aromatic heterocycles. The zero-order chi connectivity index (χ0) is 10.5. The summed E-state index contributed by atoms with van der Waals surface area (Å²) in [4.78, 5) is 2.60. The minimum atomic E-state index is 0.781. The Morgan fingerprint density at radius 3 is 2.53 bits per heavy atom. The van der Waals surface area contributed by atoms with E-state index >= 15 is 0 Å². The van der Waals surface area contributed by atoms with Gasteiger partial charge in [-0.15, -0.1) is 0 Å². The van der Waals surface area contributed by atoms with Crippen molar-refractivity contribution < 1.29 is 4.74 Å². The Bertz CT molecular complexity index is 172. The van der Waals surface area contributed by atoms with E-state index in [9.17, 15) is 0 Å². The third-order valence-corrected chi connectivity index (χ3v) is 3.81. The summed E-state index contributed by atoms with van der Waals surface area (Å²) < 4.78 is 5.52. The third kappa shape index (κ3) is 3.44. The summed E-state index contributed by atoms with van der Waals surface area (Å²) in [6.07, 6.45) is 5.20. The Morgan fingerprint density at radius 2 is 1.93 bits per heavy atom. The fourth-order valence-electron chi connectivity index (χ4n) is 2.72. The van der Waals surface area contributed by atoms with Crippen molar-refractivity contribution in [2.24, 2.45) is 17.6 Å². The first-order chi connectivity index (χ1) is 7.38. The van der Waals surface area contributed by atoms with Gasteiger partial charge in [0.15, 0.2) is 0 Å². The van der Waals surface area contributed by atoms with E-state index in [1.54, 1.807) is 0 Å². The summed E-state index contributed by atoms with van der Waals surface area (Å²) in [5.41, 5.74) is 5.69. The maximum Gasteiger partial charge on any atom is 0.0506 e. The highest BCUT2D eigenvalue weighted by atomic mass is 16.5. The maximum atomic E-state index is 5.69. The zero-order valence-electron chi connectivity index (χ0n) is 9.66. The first-order valence-electron chi connectivity index (χ1n) is 6.38. The van der Waals surface area contributed by atoms with E-state index in [0.29, 0.717) is 0 Å². The van der Waals surface area contributed by atoms with E-state index < -0.39 is 0 Å². The van der Waals surface area contributed by atoms with Gasteiger partial charge in [-0.05, 0) is 57.2 Å². The molecule has 3 heteroatoms. The number of ether oxygens (including phenoxy) is 1. The van der Waals surface area contributed by atoms with Crippen LogP contribution in [0.5, 0.6) is 0 Å². The molecule has 1 unspecified atom stereocenters. The molecular formula is C12H24N2O. The minimum absolute atomic E-state index is 0.781. The normalized spacial score (nSPS) is 30.6. The molecule has 15 heavy (non-hydrogen) atoms. The van der Waals surface area contributed by atoms with E-state index in [1.807, 2.05) is 0 Å². The topological polar surface area (TPSA) is 38.5 Å². The molecule has 0 amide bonds. The molecule has 0 aromatic carbocycles. The van der Waals surface area contributed by atoms with Crippen molar-refractivity contribution in [1.29, 1.82) is 0 Å². The van der Waals surface area contributed by atoms with Crippen LogP contribution in [0, 0.1) is 11.8 Å². The summed E-state index contributed by atoms with van der Waals surface area (Å²) in [7, 11) is 0. The predicted molar refractivity (Wildman–Crippen MR) is 61.8 cm³/mol. The molecule has 0 saturated carbocycles. The van der Waals surface area contributed by atoms with Crippen molar-refractivity contribution in [3.05, 3.63) is 0 Å². The molecule has 2 fully saturated rings. The van der Waals surface area contributed by atoms with Crippen LogP contribution in [0.1, 0.15) is 25.7 Å². The lowest BCUT2D eigenvalue weighted by Gasteiger charge is -2.34. The molecule has 0 aromatic rings. The quantitative estimate of drug-likeness (QED) is 0.761. The molecule has 0 aliphatic carbocycles. The molecule has 3 nitrogen and oxygen atoms in total. The third-order valence-electron chi connectivity index (χ3n) is 3.81. The standard InChI is InChI=1S/C12H24N2O/c13-8-11-3-5-14(6-4-11)9-12-2-1-7-15-10-12/h11-12H,1-10,13H2. The number of piperidine rings is 1. The lowest BCUT2D eigenvalue weighted by Crippen LogP contribution is -2.40. The number of rotatable bonds is 3. The monoisotopic (exact) mass is 212 g/mol. The molecule has 0 bridgehead atoms. The summed E-state index contributed by atoms with van der Waals surface area (Å²) >= 11 is 0. The second-order valence-electron chi connectivity index (χ2n) is 5.06. The summed E-state index contributed by atoms with van der Waals surface area (Å²) in [6.45, 7) is 6.58. The van der Waals surface area contributed by atoms with Gasteiger partial charge in [0, 0.05) is 13.2 Å². The van der Waals surface area contributed by atoms with Crippen LogP contribution in [0.15, 0.2) is 0 Å². The van der Waals surface area contributed by atoms with Crippen LogP contribution in [0.4, 0.5) is 0 Å². The first kappa shape index (κ1) is 11.4. The maximum absolute atomic E-state index is 5.69. The first-order valence-corrected chi connectivity index (χ1v) is 6.38. The lowest BCUT2D eigenvalue weighted by atomic mass is 9.95. The van der Waals surface area contributed by atoms with Crippen molar-refractivity contribution in [2.45, 2.75) is 25.7 Å². The van der Waals surface area contributed by atoms with E-state index in [1.165, 1.54) is 45.3 Å². The number of hydrogen-bond acceptors (Lipinski definition) is 3. The summed E-state index contributed by atoms with van der Waals surface area (Å²) in [5, 5.41) is 0. The van der Waals surface area contributed by atoms with Gasteiger partial charge in [0.2, 0.25) is 0 Å². The van der Waals surface area contributed by atoms with Gasteiger partial charge in [-0.3, -0.25) is 0 Å². The van der Waals surface area contributed by atoms with Gasteiger partial charge < -0.3 is 15.4 Å². The average Bonchev–Trinajstić information content (AvgIpc) is 2.31. The van der Waals surface area contributed by atoms with Crippen LogP contribution >= 0.6 is 0 Å². The van der Waals surface area contributed by atoms with Crippen LogP contribution in [-0.2, 0) is 4.74 Å². The highest BCUT2D eigenvalue weighted by molar-refractivity contribution is 4.75. The van der Waals surface area contributed by atoms with Crippen molar-refractivity contribution in [1.82, 2.24) is 4.90 Å². The Hall–Kier alpha value is -0.120. The highest BCUT2D eigenvalue weighted by Crippen LogP contribution is 2.20. The van der Waals surface area contributed by atoms with Gasteiger partial charge in [-0.2, -0.15) is 0 Å². The molecule has 88 valence electrons. The molecule has 2 saturated heterocycles. The molecular weight excluding hydrogens is 188 g/mol. The molecule has 0 spiro atoms. The van der Waals surface area contributed by atoms with Crippen molar-refractivity contribution in [3.8, 4) is 0 Å². The Balaban J connectivity index is 1.67. The number of nitrogens with two attached hydrogens (primary N) is 1. The minimum Gasteiger partial charge on any atom is -0.381 e. The van der Waals surface area contributed by atoms with E-state index in [-0.39, 0.29) is 0 Å². The predicted octanol–water partition coefficient (Wildman–Crippen LogP) is 1.08. The zero-order valence-corrected chi connectivity index (χ0v) is 9.66. The fraction of sp³-hybridized carbons (Fsp3) is 1.00. The molecule has 2 heterocycles. The van der Waals surface area contributed by atoms with Gasteiger partial charge >= 0.3 is 0 Å². The van der Waals surface area contributed by atoms with Crippen molar-refractivity contribution in [3.63, 3.8) is 0 Å². The van der Waals surface area contributed by atoms with Crippen LogP contribution in [-0.4, -0.2) is 44.3 Å². The summed E-state index contributed by atoms with van der Waals surface area (Å²) in [6, 6.07) is 0. The van der Waals surface area contributed by atoms with Crippen LogP contribution < -0.4 is 5.73 Å². The van der Waals surface area contributed by atoms with Crippen LogP contribution in [0.3, 0.4) is 0 Å². The second-order valence-corrected chi connectivity index (χ2v) is 5.06. The van der Waals surface area contributed by atoms with Crippen LogP contribution in [0.2, 0.25) is 0 Å². The van der Waals surface area contributed by atoms with Gasteiger partial charge in [0.05, 0.1) is 6.61 Å².